The van der Waals surface area contributed by atoms with Crippen LogP contribution in [0.25, 0.3) is 0 Å². The lowest BCUT2D eigenvalue weighted by molar-refractivity contribution is 0.0531. The van der Waals surface area contributed by atoms with Gasteiger partial charge in [0, 0.05) is 25.2 Å². The summed E-state index contributed by atoms with van der Waals surface area (Å²) in [5, 5.41) is 10.2. The van der Waals surface area contributed by atoms with Crippen LogP contribution in [0.15, 0.2) is 30.3 Å². The molecule has 1 aromatic carbocycles. The number of ether oxygens (including phenoxy) is 1. The summed E-state index contributed by atoms with van der Waals surface area (Å²) in [6, 6.07) is 10.0. The molecule has 0 saturated carbocycles. The highest BCUT2D eigenvalue weighted by atomic mass is 16.5. The van der Waals surface area contributed by atoms with Crippen molar-refractivity contribution in [2.45, 2.75) is 45.1 Å². The molecular formula is C17H29NO2. The van der Waals surface area contributed by atoms with E-state index in [9.17, 15) is 5.11 Å². The summed E-state index contributed by atoms with van der Waals surface area (Å²) in [6.07, 6.45) is 1.31. The highest BCUT2D eigenvalue weighted by Gasteiger charge is 2.35. The Labute approximate surface area is 123 Å². The number of hydrogen-bond donors (Lipinski definition) is 2. The second kappa shape index (κ2) is 8.40. The number of rotatable bonds is 9. The summed E-state index contributed by atoms with van der Waals surface area (Å²) in [5.41, 5.74) is 6.66. The molecule has 0 heterocycles. The van der Waals surface area contributed by atoms with E-state index in [0.29, 0.717) is 19.1 Å². The first-order valence-corrected chi connectivity index (χ1v) is 7.54. The molecule has 0 spiro atoms. The fourth-order valence-electron chi connectivity index (χ4n) is 2.43. The normalized spacial score (nSPS) is 16.1. The molecule has 0 saturated heterocycles. The van der Waals surface area contributed by atoms with E-state index in [4.69, 9.17) is 10.5 Å². The zero-order valence-corrected chi connectivity index (χ0v) is 13.0. The lowest BCUT2D eigenvalue weighted by Crippen LogP contribution is -2.45. The van der Waals surface area contributed by atoms with Crippen molar-refractivity contribution in [3.8, 4) is 0 Å². The molecular weight excluding hydrogens is 250 g/mol. The quantitative estimate of drug-likeness (QED) is 0.683. The van der Waals surface area contributed by atoms with Gasteiger partial charge in [0.25, 0.3) is 0 Å². The van der Waals surface area contributed by atoms with E-state index in [-0.39, 0.29) is 0 Å². The van der Waals surface area contributed by atoms with Crippen molar-refractivity contribution in [1.29, 1.82) is 0 Å². The zero-order valence-electron chi connectivity index (χ0n) is 13.0. The minimum Gasteiger partial charge on any atom is -0.392 e. The summed E-state index contributed by atoms with van der Waals surface area (Å²) in [4.78, 5) is 0. The predicted octanol–water partition coefficient (Wildman–Crippen LogP) is 2.72. The Balaban J connectivity index is 2.66. The second-order valence-electron chi connectivity index (χ2n) is 5.95. The summed E-state index contributed by atoms with van der Waals surface area (Å²) < 4.78 is 5.71. The van der Waals surface area contributed by atoms with Crippen LogP contribution >= 0.6 is 0 Å². The van der Waals surface area contributed by atoms with Gasteiger partial charge in [-0.1, -0.05) is 44.2 Å². The summed E-state index contributed by atoms with van der Waals surface area (Å²) in [6.45, 7) is 8.01. The van der Waals surface area contributed by atoms with Gasteiger partial charge < -0.3 is 15.6 Å². The van der Waals surface area contributed by atoms with Crippen LogP contribution in [0.2, 0.25) is 0 Å². The standard InChI is InChI=1S/C17H29NO2/c1-14(2)9-11-20-12-10-17(13-18,15(3)19)16-7-5-4-6-8-16/h4-8,14-15,19H,9-13,18H2,1-3H3. The van der Waals surface area contributed by atoms with Gasteiger partial charge >= 0.3 is 0 Å². The van der Waals surface area contributed by atoms with E-state index in [1.54, 1.807) is 0 Å². The van der Waals surface area contributed by atoms with Crippen LogP contribution in [-0.2, 0) is 10.2 Å². The van der Waals surface area contributed by atoms with E-state index >= 15 is 0 Å². The molecule has 0 fully saturated rings. The molecule has 0 aliphatic heterocycles. The van der Waals surface area contributed by atoms with Crippen molar-refractivity contribution >= 4 is 0 Å². The molecule has 3 nitrogen and oxygen atoms in total. The van der Waals surface area contributed by atoms with E-state index < -0.39 is 11.5 Å². The first kappa shape index (κ1) is 17.2. The molecule has 0 aromatic heterocycles. The highest BCUT2D eigenvalue weighted by Crippen LogP contribution is 2.31. The second-order valence-corrected chi connectivity index (χ2v) is 5.95. The fraction of sp³-hybridized carbons (Fsp3) is 0.647. The smallest absolute Gasteiger partial charge is 0.0621 e. The molecule has 0 radical (unpaired) electrons. The largest absolute Gasteiger partial charge is 0.392 e. The van der Waals surface area contributed by atoms with Gasteiger partial charge in [0.15, 0.2) is 0 Å². The van der Waals surface area contributed by atoms with Gasteiger partial charge in [0.1, 0.15) is 0 Å². The Hall–Kier alpha value is -0.900. The molecule has 3 heteroatoms. The minimum absolute atomic E-state index is 0.418. The predicted molar refractivity (Wildman–Crippen MR) is 83.7 cm³/mol. The number of aliphatic hydroxyl groups excluding tert-OH is 1. The minimum atomic E-state index is -0.497. The van der Waals surface area contributed by atoms with Crippen molar-refractivity contribution in [3.05, 3.63) is 35.9 Å². The lowest BCUT2D eigenvalue weighted by atomic mass is 9.73. The monoisotopic (exact) mass is 279 g/mol. The van der Waals surface area contributed by atoms with Crippen LogP contribution in [-0.4, -0.2) is 31.0 Å². The molecule has 3 N–H and O–H groups in total. The maximum atomic E-state index is 10.2. The van der Waals surface area contributed by atoms with Gasteiger partial charge in [-0.15, -0.1) is 0 Å². The van der Waals surface area contributed by atoms with E-state index in [1.165, 1.54) is 0 Å². The van der Waals surface area contributed by atoms with Gasteiger partial charge in [0.05, 0.1) is 6.10 Å². The molecule has 20 heavy (non-hydrogen) atoms. The third kappa shape index (κ3) is 4.58. The van der Waals surface area contributed by atoms with Crippen molar-refractivity contribution in [2.75, 3.05) is 19.8 Å². The molecule has 0 aliphatic carbocycles. The molecule has 1 rings (SSSR count). The molecule has 1 aromatic rings. The number of hydrogen-bond acceptors (Lipinski definition) is 3. The van der Waals surface area contributed by atoms with E-state index in [1.807, 2.05) is 37.3 Å². The maximum Gasteiger partial charge on any atom is 0.0621 e. The number of nitrogens with two attached hydrogens (primary N) is 1. The van der Waals surface area contributed by atoms with Crippen LogP contribution in [0.3, 0.4) is 0 Å². The summed E-state index contributed by atoms with van der Waals surface area (Å²) >= 11 is 0. The van der Waals surface area contributed by atoms with Crippen LogP contribution < -0.4 is 5.73 Å². The number of benzene rings is 1. The molecule has 2 unspecified atom stereocenters. The SMILES string of the molecule is CC(C)CCOCCC(CN)(c1ccccc1)C(C)O. The molecule has 2 atom stereocenters. The van der Waals surface area contributed by atoms with Crippen molar-refractivity contribution < 1.29 is 9.84 Å². The van der Waals surface area contributed by atoms with Crippen molar-refractivity contribution in [3.63, 3.8) is 0 Å². The topological polar surface area (TPSA) is 55.5 Å². The Morgan fingerprint density at radius 1 is 1.15 bits per heavy atom. The van der Waals surface area contributed by atoms with Gasteiger partial charge in [-0.3, -0.25) is 0 Å². The first-order chi connectivity index (χ1) is 9.53. The average molecular weight is 279 g/mol. The maximum absolute atomic E-state index is 10.2. The van der Waals surface area contributed by atoms with Gasteiger partial charge in [-0.05, 0) is 31.2 Å². The Morgan fingerprint density at radius 2 is 1.80 bits per heavy atom. The van der Waals surface area contributed by atoms with Crippen LogP contribution in [0, 0.1) is 5.92 Å². The Morgan fingerprint density at radius 3 is 2.30 bits per heavy atom. The van der Waals surface area contributed by atoms with Crippen LogP contribution in [0.5, 0.6) is 0 Å². The third-order valence-corrected chi connectivity index (χ3v) is 4.04. The highest BCUT2D eigenvalue weighted by molar-refractivity contribution is 5.27. The Bertz CT molecular complexity index is 365. The van der Waals surface area contributed by atoms with E-state index in [2.05, 4.69) is 13.8 Å². The van der Waals surface area contributed by atoms with Gasteiger partial charge in [0.2, 0.25) is 0 Å². The zero-order chi connectivity index (χ0) is 15.0. The van der Waals surface area contributed by atoms with Crippen LogP contribution in [0.4, 0.5) is 0 Å². The molecule has 0 aliphatic rings. The van der Waals surface area contributed by atoms with Crippen molar-refractivity contribution in [1.82, 2.24) is 0 Å². The summed E-state index contributed by atoms with van der Waals surface area (Å²) in [7, 11) is 0. The van der Waals surface area contributed by atoms with E-state index in [0.717, 1.165) is 25.0 Å². The fourth-order valence-corrected chi connectivity index (χ4v) is 2.43. The molecule has 0 amide bonds. The first-order valence-electron chi connectivity index (χ1n) is 7.54. The molecule has 114 valence electrons. The van der Waals surface area contributed by atoms with Crippen molar-refractivity contribution in [2.24, 2.45) is 11.7 Å². The van der Waals surface area contributed by atoms with Gasteiger partial charge in [-0.25, -0.2) is 0 Å². The lowest BCUT2D eigenvalue weighted by Gasteiger charge is -2.36. The van der Waals surface area contributed by atoms with Gasteiger partial charge in [-0.2, -0.15) is 0 Å². The average Bonchev–Trinajstić information content (AvgIpc) is 2.43. The third-order valence-electron chi connectivity index (χ3n) is 4.04. The molecule has 0 bridgehead atoms. The Kier molecular flexibility index (Phi) is 7.20. The van der Waals surface area contributed by atoms with Crippen LogP contribution in [0.1, 0.15) is 39.2 Å². The summed E-state index contributed by atoms with van der Waals surface area (Å²) in [5.74, 6) is 0.653. The number of aliphatic hydroxyl groups is 1.